The lowest BCUT2D eigenvalue weighted by atomic mass is 10.2. The Balaban J connectivity index is 1.41. The molecule has 0 bridgehead atoms. The maximum Gasteiger partial charge on any atom is 0.242 e. The van der Waals surface area contributed by atoms with E-state index in [1.807, 2.05) is 84.1 Å². The van der Waals surface area contributed by atoms with Crippen molar-refractivity contribution in [2.24, 2.45) is 0 Å². The highest BCUT2D eigenvalue weighted by Crippen LogP contribution is 2.30. The Morgan fingerprint density at radius 2 is 1.72 bits per heavy atom. The molecule has 168 valence electrons. The topological polar surface area (TPSA) is 63.6 Å². The summed E-state index contributed by atoms with van der Waals surface area (Å²) in [5, 5.41) is 4.03. The van der Waals surface area contributed by atoms with Gasteiger partial charge in [-0.2, -0.15) is 0 Å². The van der Waals surface area contributed by atoms with Crippen molar-refractivity contribution in [3.63, 3.8) is 0 Å². The number of carbonyl (C=O) groups is 2. The molecule has 0 spiro atoms. The molecule has 1 aliphatic rings. The molecule has 3 aromatic rings. The van der Waals surface area contributed by atoms with Gasteiger partial charge in [0.25, 0.3) is 0 Å². The molecule has 2 amide bonds. The van der Waals surface area contributed by atoms with E-state index in [1.54, 1.807) is 0 Å². The molecule has 1 aliphatic heterocycles. The Hall–Kier alpha value is -2.77. The van der Waals surface area contributed by atoms with Crippen LogP contribution in [0.5, 0.6) is 0 Å². The van der Waals surface area contributed by atoms with Gasteiger partial charge in [0.1, 0.15) is 6.54 Å². The van der Waals surface area contributed by atoms with Crippen molar-refractivity contribution in [1.82, 2.24) is 14.8 Å². The second-order valence-electron chi connectivity index (χ2n) is 8.25. The maximum atomic E-state index is 13.0. The van der Waals surface area contributed by atoms with Crippen molar-refractivity contribution in [2.75, 3.05) is 18.8 Å². The molecular weight excluding hydrogens is 422 g/mol. The maximum absolute atomic E-state index is 13.0. The average Bonchev–Trinajstić information content (AvgIpc) is 3.14. The molecule has 6 nitrogen and oxygen atoms in total. The molecule has 0 aliphatic carbocycles. The number of nitrogens with one attached hydrogen (secondary N) is 1. The first-order valence-corrected chi connectivity index (χ1v) is 11.9. The quantitative estimate of drug-likeness (QED) is 0.557. The van der Waals surface area contributed by atoms with Crippen LogP contribution in [0.1, 0.15) is 19.4 Å². The fraction of sp³-hybridized carbons (Fsp3) is 0.360. The third-order valence-corrected chi connectivity index (χ3v) is 6.56. The minimum atomic E-state index is -0.0111. The minimum Gasteiger partial charge on any atom is -0.372 e. The van der Waals surface area contributed by atoms with Crippen LogP contribution < -0.4 is 5.32 Å². The van der Waals surface area contributed by atoms with Crippen molar-refractivity contribution in [3.05, 3.63) is 66.4 Å². The Morgan fingerprint density at radius 1 is 1.03 bits per heavy atom. The van der Waals surface area contributed by atoms with Gasteiger partial charge in [-0.25, -0.2) is 0 Å². The van der Waals surface area contributed by atoms with Crippen LogP contribution in [0.25, 0.3) is 10.9 Å². The second-order valence-corrected chi connectivity index (χ2v) is 9.26. The third-order valence-electron chi connectivity index (χ3n) is 5.52. The number of rotatable bonds is 7. The molecule has 1 saturated heterocycles. The zero-order valence-electron chi connectivity index (χ0n) is 18.5. The number of amides is 2. The second kappa shape index (κ2) is 10.2. The number of fused-ring (bicyclic) bond motifs is 1. The van der Waals surface area contributed by atoms with Gasteiger partial charge < -0.3 is 19.5 Å². The van der Waals surface area contributed by atoms with Crippen molar-refractivity contribution < 1.29 is 14.3 Å². The number of carbonyl (C=O) groups excluding carboxylic acids is 2. The predicted molar refractivity (Wildman–Crippen MR) is 128 cm³/mol. The number of ether oxygens (including phenoxy) is 1. The molecule has 32 heavy (non-hydrogen) atoms. The highest BCUT2D eigenvalue weighted by Gasteiger charge is 2.26. The summed E-state index contributed by atoms with van der Waals surface area (Å²) in [6.07, 6.45) is 2.08. The number of para-hydroxylation sites is 1. The number of morpholine rings is 1. The number of aromatic nitrogens is 1. The van der Waals surface area contributed by atoms with Crippen LogP contribution in [0, 0.1) is 0 Å². The Labute approximate surface area is 192 Å². The number of hydrogen-bond donors (Lipinski definition) is 1. The highest BCUT2D eigenvalue weighted by atomic mass is 32.2. The van der Waals surface area contributed by atoms with Gasteiger partial charge in [-0.15, -0.1) is 11.8 Å². The summed E-state index contributed by atoms with van der Waals surface area (Å²) in [5.74, 6) is 0.403. The van der Waals surface area contributed by atoms with E-state index in [1.165, 1.54) is 11.8 Å². The highest BCUT2D eigenvalue weighted by molar-refractivity contribution is 8.00. The molecule has 1 fully saturated rings. The smallest absolute Gasteiger partial charge is 0.242 e. The SMILES string of the molecule is C[C@@H]1CN(C(=O)Cn2cc(SCC(=O)NCc3ccccc3)c3ccccc32)C[C@@H](C)O1. The van der Waals surface area contributed by atoms with Gasteiger partial charge in [0.2, 0.25) is 11.8 Å². The molecule has 2 aromatic carbocycles. The zero-order chi connectivity index (χ0) is 22.5. The van der Waals surface area contributed by atoms with Gasteiger partial charge >= 0.3 is 0 Å². The molecule has 1 aromatic heterocycles. The summed E-state index contributed by atoms with van der Waals surface area (Å²) in [7, 11) is 0. The Bertz CT molecular complexity index is 1070. The van der Waals surface area contributed by atoms with Crippen LogP contribution in [0.15, 0.2) is 65.7 Å². The molecule has 4 rings (SSSR count). The van der Waals surface area contributed by atoms with Crippen molar-refractivity contribution in [3.8, 4) is 0 Å². The Morgan fingerprint density at radius 3 is 2.47 bits per heavy atom. The van der Waals surface area contributed by atoms with Crippen LogP contribution in [-0.4, -0.2) is 52.3 Å². The van der Waals surface area contributed by atoms with Gasteiger partial charge in [0.15, 0.2) is 0 Å². The first-order valence-electron chi connectivity index (χ1n) is 10.9. The monoisotopic (exact) mass is 451 g/mol. The van der Waals surface area contributed by atoms with E-state index in [9.17, 15) is 9.59 Å². The summed E-state index contributed by atoms with van der Waals surface area (Å²) < 4.78 is 7.74. The molecule has 0 saturated carbocycles. The number of thioether (sulfide) groups is 1. The van der Waals surface area contributed by atoms with Crippen LogP contribution in [0.3, 0.4) is 0 Å². The summed E-state index contributed by atoms with van der Waals surface area (Å²) in [5.41, 5.74) is 2.08. The average molecular weight is 452 g/mol. The largest absolute Gasteiger partial charge is 0.372 e. The lowest BCUT2D eigenvalue weighted by Crippen LogP contribution is -2.49. The molecular formula is C25H29N3O3S. The number of benzene rings is 2. The normalized spacial score (nSPS) is 18.6. The fourth-order valence-corrected chi connectivity index (χ4v) is 5.00. The third kappa shape index (κ3) is 5.53. The first-order chi connectivity index (χ1) is 15.5. The molecule has 2 atom stereocenters. The van der Waals surface area contributed by atoms with E-state index in [0.717, 1.165) is 21.4 Å². The lowest BCUT2D eigenvalue weighted by molar-refractivity contribution is -0.143. The molecule has 1 N–H and O–H groups in total. The van der Waals surface area contributed by atoms with Gasteiger partial charge in [-0.3, -0.25) is 9.59 Å². The minimum absolute atomic E-state index is 0.0111. The summed E-state index contributed by atoms with van der Waals surface area (Å²) in [6, 6.07) is 17.9. The van der Waals surface area contributed by atoms with Crippen LogP contribution in [-0.2, 0) is 27.4 Å². The lowest BCUT2D eigenvalue weighted by Gasteiger charge is -2.35. The standard InChI is InChI=1S/C25H29N3O3S/c1-18-13-28(14-19(2)31-18)25(30)16-27-15-23(21-10-6-7-11-22(21)27)32-17-24(29)26-12-20-8-4-3-5-9-20/h3-11,15,18-19H,12-14,16-17H2,1-2H3,(H,26,29)/t18-,19-/m1/s1. The predicted octanol–water partition coefficient (Wildman–Crippen LogP) is 3.69. The van der Waals surface area contributed by atoms with Crippen LogP contribution >= 0.6 is 11.8 Å². The molecule has 0 unspecified atom stereocenters. The summed E-state index contributed by atoms with van der Waals surface area (Å²) >= 11 is 1.50. The van der Waals surface area contributed by atoms with Crippen LogP contribution in [0.2, 0.25) is 0 Å². The van der Waals surface area contributed by atoms with Gasteiger partial charge in [0.05, 0.1) is 18.0 Å². The number of hydrogen-bond acceptors (Lipinski definition) is 4. The van der Waals surface area contributed by atoms with E-state index < -0.39 is 0 Å². The van der Waals surface area contributed by atoms with Gasteiger partial charge in [-0.1, -0.05) is 48.5 Å². The number of nitrogens with zero attached hydrogens (tertiary/aromatic N) is 2. The van der Waals surface area contributed by atoms with Crippen molar-refractivity contribution in [2.45, 2.75) is 44.0 Å². The summed E-state index contributed by atoms with van der Waals surface area (Å²) in [6.45, 7) is 6.03. The van der Waals surface area contributed by atoms with Crippen molar-refractivity contribution >= 4 is 34.5 Å². The van der Waals surface area contributed by atoms with E-state index in [0.29, 0.717) is 25.4 Å². The molecule has 7 heteroatoms. The fourth-order valence-electron chi connectivity index (χ4n) is 4.08. The Kier molecular flexibility index (Phi) is 7.17. The van der Waals surface area contributed by atoms with Crippen LogP contribution in [0.4, 0.5) is 0 Å². The molecule has 0 radical (unpaired) electrons. The van der Waals surface area contributed by atoms with E-state index in [2.05, 4.69) is 5.32 Å². The molecule has 2 heterocycles. The van der Waals surface area contributed by atoms with Crippen molar-refractivity contribution in [1.29, 1.82) is 0 Å². The van der Waals surface area contributed by atoms with Gasteiger partial charge in [-0.05, 0) is 25.5 Å². The van der Waals surface area contributed by atoms with E-state index in [-0.39, 0.29) is 30.6 Å². The summed E-state index contributed by atoms with van der Waals surface area (Å²) in [4.78, 5) is 28.2. The van der Waals surface area contributed by atoms with Gasteiger partial charge in [0, 0.05) is 41.6 Å². The van der Waals surface area contributed by atoms with E-state index >= 15 is 0 Å². The first kappa shape index (κ1) is 22.4. The van der Waals surface area contributed by atoms with E-state index in [4.69, 9.17) is 4.74 Å². The zero-order valence-corrected chi connectivity index (χ0v) is 19.3.